The molecule has 2 aromatic rings. The molecule has 1 aliphatic carbocycles. The van der Waals surface area contributed by atoms with Gasteiger partial charge in [0.15, 0.2) is 0 Å². The van der Waals surface area contributed by atoms with Crippen LogP contribution in [-0.4, -0.2) is 6.29 Å². The van der Waals surface area contributed by atoms with Crippen LogP contribution in [0.1, 0.15) is 73.1 Å². The molecule has 0 fully saturated rings. The third kappa shape index (κ3) is 2.84. The first-order valence-corrected chi connectivity index (χ1v) is 8.64. The molecular formula is C23H26O. The van der Waals surface area contributed by atoms with Gasteiger partial charge in [0.05, 0.1) is 0 Å². The summed E-state index contributed by atoms with van der Waals surface area (Å²) in [6, 6.07) is 14.4. The number of carbonyl (C=O) groups is 1. The summed E-state index contributed by atoms with van der Waals surface area (Å²) in [7, 11) is 0. The summed E-state index contributed by atoms with van der Waals surface area (Å²) >= 11 is 0. The summed E-state index contributed by atoms with van der Waals surface area (Å²) in [4.78, 5) is 11.0. The largest absolute Gasteiger partial charge is 0.298 e. The number of benzene rings is 2. The second-order valence-electron chi connectivity index (χ2n) is 8.25. The fourth-order valence-electron chi connectivity index (χ4n) is 3.74. The van der Waals surface area contributed by atoms with Gasteiger partial charge in [-0.05, 0) is 57.6 Å². The van der Waals surface area contributed by atoms with Crippen LogP contribution in [0.25, 0.3) is 5.57 Å². The summed E-state index contributed by atoms with van der Waals surface area (Å²) in [6.45, 7) is 13.6. The summed E-state index contributed by atoms with van der Waals surface area (Å²) < 4.78 is 0. The lowest BCUT2D eigenvalue weighted by molar-refractivity contribution is 0.112. The van der Waals surface area contributed by atoms with Crippen molar-refractivity contribution >= 4 is 11.9 Å². The van der Waals surface area contributed by atoms with E-state index in [2.05, 4.69) is 52.5 Å². The van der Waals surface area contributed by atoms with Crippen molar-refractivity contribution in [1.29, 1.82) is 0 Å². The Balaban J connectivity index is 2.07. The molecule has 0 saturated heterocycles. The van der Waals surface area contributed by atoms with Crippen molar-refractivity contribution in [2.45, 2.75) is 51.4 Å². The van der Waals surface area contributed by atoms with Gasteiger partial charge in [-0.25, -0.2) is 0 Å². The van der Waals surface area contributed by atoms with E-state index in [0.717, 1.165) is 23.0 Å². The monoisotopic (exact) mass is 318 g/mol. The van der Waals surface area contributed by atoms with E-state index in [1.807, 2.05) is 24.3 Å². The smallest absolute Gasteiger partial charge is 0.150 e. The van der Waals surface area contributed by atoms with E-state index in [0.29, 0.717) is 5.56 Å². The molecule has 1 heteroatoms. The van der Waals surface area contributed by atoms with Crippen molar-refractivity contribution in [2.24, 2.45) is 0 Å². The maximum absolute atomic E-state index is 11.0. The molecule has 0 unspecified atom stereocenters. The maximum atomic E-state index is 11.0. The molecule has 1 nitrogen and oxygen atoms in total. The van der Waals surface area contributed by atoms with Gasteiger partial charge in [-0.2, -0.15) is 0 Å². The van der Waals surface area contributed by atoms with Crippen molar-refractivity contribution in [3.63, 3.8) is 0 Å². The second-order valence-corrected chi connectivity index (χ2v) is 8.25. The molecule has 124 valence electrons. The van der Waals surface area contributed by atoms with E-state index < -0.39 is 0 Å². The van der Waals surface area contributed by atoms with E-state index in [9.17, 15) is 4.79 Å². The van der Waals surface area contributed by atoms with Crippen molar-refractivity contribution in [2.75, 3.05) is 0 Å². The Morgan fingerprint density at radius 2 is 1.54 bits per heavy atom. The number of hydrogen-bond donors (Lipinski definition) is 0. The summed E-state index contributed by atoms with van der Waals surface area (Å²) in [5.74, 6) is 0. The van der Waals surface area contributed by atoms with Crippen LogP contribution >= 0.6 is 0 Å². The minimum absolute atomic E-state index is 0.186. The van der Waals surface area contributed by atoms with Crippen LogP contribution in [-0.2, 0) is 10.8 Å². The molecule has 0 aromatic heterocycles. The first-order chi connectivity index (χ1) is 11.2. The number of hydrogen-bond acceptors (Lipinski definition) is 1. The standard InChI is InChI=1S/C23H26O/c1-16(18-8-6-7-17(13-18)15-24)19-9-10-20-21(14-19)23(4,5)12-11-22(20,2)3/h6-10,13-15H,1,11-12H2,2-5H3. The quantitative estimate of drug-likeness (QED) is 0.643. The summed E-state index contributed by atoms with van der Waals surface area (Å²) in [5, 5.41) is 0. The highest BCUT2D eigenvalue weighted by molar-refractivity contribution is 5.83. The molecule has 1 aliphatic rings. The van der Waals surface area contributed by atoms with Gasteiger partial charge in [0.2, 0.25) is 0 Å². The van der Waals surface area contributed by atoms with Crippen LogP contribution in [0.4, 0.5) is 0 Å². The molecule has 0 N–H and O–H groups in total. The molecule has 0 spiro atoms. The van der Waals surface area contributed by atoms with Gasteiger partial charge in [-0.3, -0.25) is 4.79 Å². The predicted molar refractivity (Wildman–Crippen MR) is 102 cm³/mol. The molecule has 24 heavy (non-hydrogen) atoms. The zero-order valence-corrected chi connectivity index (χ0v) is 15.1. The third-order valence-corrected chi connectivity index (χ3v) is 5.57. The molecular weight excluding hydrogens is 292 g/mol. The van der Waals surface area contributed by atoms with E-state index in [1.54, 1.807) is 0 Å². The van der Waals surface area contributed by atoms with E-state index in [4.69, 9.17) is 0 Å². The third-order valence-electron chi connectivity index (χ3n) is 5.57. The number of rotatable bonds is 3. The Hall–Kier alpha value is -2.15. The molecule has 0 bridgehead atoms. The van der Waals surface area contributed by atoms with Crippen LogP contribution in [0, 0.1) is 0 Å². The second kappa shape index (κ2) is 5.73. The fourth-order valence-corrected chi connectivity index (χ4v) is 3.74. The normalized spacial score (nSPS) is 17.8. The van der Waals surface area contributed by atoms with E-state index in [1.165, 1.54) is 24.0 Å². The van der Waals surface area contributed by atoms with Gasteiger partial charge in [0.1, 0.15) is 6.29 Å². The number of fused-ring (bicyclic) bond motifs is 1. The molecule has 0 radical (unpaired) electrons. The predicted octanol–water partition coefficient (Wildman–Crippen LogP) is 5.91. The average Bonchev–Trinajstić information content (AvgIpc) is 2.58. The topological polar surface area (TPSA) is 17.1 Å². The molecule has 0 saturated carbocycles. The Bertz CT molecular complexity index is 809. The lowest BCUT2D eigenvalue weighted by atomic mass is 9.63. The van der Waals surface area contributed by atoms with E-state index >= 15 is 0 Å². The SMILES string of the molecule is C=C(c1cccc(C=O)c1)c1ccc2c(c1)C(C)(C)CCC2(C)C. The summed E-state index contributed by atoms with van der Waals surface area (Å²) in [6.07, 6.45) is 3.30. The number of carbonyl (C=O) groups excluding carboxylic acids is 1. The van der Waals surface area contributed by atoms with Crippen LogP contribution in [0.2, 0.25) is 0 Å². The lowest BCUT2D eigenvalue weighted by Gasteiger charge is -2.42. The number of aldehydes is 1. The molecule has 0 aliphatic heterocycles. The van der Waals surface area contributed by atoms with E-state index in [-0.39, 0.29) is 10.8 Å². The van der Waals surface area contributed by atoms with Crippen LogP contribution in [0.15, 0.2) is 49.0 Å². The van der Waals surface area contributed by atoms with Crippen molar-refractivity contribution < 1.29 is 4.79 Å². The van der Waals surface area contributed by atoms with Crippen LogP contribution in [0.3, 0.4) is 0 Å². The van der Waals surface area contributed by atoms with Gasteiger partial charge < -0.3 is 0 Å². The average molecular weight is 318 g/mol. The first kappa shape index (κ1) is 16.7. The Kier molecular flexibility index (Phi) is 3.99. The molecule has 2 aromatic carbocycles. The van der Waals surface area contributed by atoms with Gasteiger partial charge in [-0.15, -0.1) is 0 Å². The highest BCUT2D eigenvalue weighted by Crippen LogP contribution is 2.46. The summed E-state index contributed by atoms with van der Waals surface area (Å²) in [5.41, 5.74) is 7.11. The molecule has 0 heterocycles. The molecule has 0 atom stereocenters. The van der Waals surface area contributed by atoms with Crippen molar-refractivity contribution in [3.05, 3.63) is 76.9 Å². The first-order valence-electron chi connectivity index (χ1n) is 8.64. The van der Waals surface area contributed by atoms with Crippen molar-refractivity contribution in [3.8, 4) is 0 Å². The zero-order valence-electron chi connectivity index (χ0n) is 15.1. The van der Waals surface area contributed by atoms with Gasteiger partial charge in [0.25, 0.3) is 0 Å². The highest BCUT2D eigenvalue weighted by atomic mass is 16.1. The zero-order chi connectivity index (χ0) is 17.5. The lowest BCUT2D eigenvalue weighted by Crippen LogP contribution is -2.33. The minimum atomic E-state index is 0.186. The van der Waals surface area contributed by atoms with Crippen molar-refractivity contribution in [1.82, 2.24) is 0 Å². The van der Waals surface area contributed by atoms with Crippen LogP contribution in [0.5, 0.6) is 0 Å². The molecule has 3 rings (SSSR count). The van der Waals surface area contributed by atoms with Crippen LogP contribution < -0.4 is 0 Å². The van der Waals surface area contributed by atoms with Gasteiger partial charge >= 0.3 is 0 Å². The minimum Gasteiger partial charge on any atom is -0.298 e. The Labute approximate surface area is 145 Å². The Morgan fingerprint density at radius 3 is 2.21 bits per heavy atom. The molecule has 0 amide bonds. The maximum Gasteiger partial charge on any atom is 0.150 e. The Morgan fingerprint density at radius 1 is 0.917 bits per heavy atom. The van der Waals surface area contributed by atoms with Gasteiger partial charge in [0, 0.05) is 5.56 Å². The highest BCUT2D eigenvalue weighted by Gasteiger charge is 2.36. The van der Waals surface area contributed by atoms with Gasteiger partial charge in [-0.1, -0.05) is 70.7 Å². The fraction of sp³-hybridized carbons (Fsp3) is 0.348.